The Morgan fingerprint density at radius 2 is 1.85 bits per heavy atom. The summed E-state index contributed by atoms with van der Waals surface area (Å²) in [5.74, 6) is 1.65. The number of allylic oxidation sites excluding steroid dienone is 1. The van der Waals surface area contributed by atoms with Crippen LogP contribution in [0.5, 0.6) is 11.5 Å². The zero-order valence-corrected chi connectivity index (χ0v) is 19.9. The van der Waals surface area contributed by atoms with Crippen LogP contribution >= 0.6 is 0 Å². The third-order valence-corrected chi connectivity index (χ3v) is 5.86. The lowest BCUT2D eigenvalue weighted by Crippen LogP contribution is -2.31. The number of aromatic nitrogens is 3. The molecule has 0 unspecified atom stereocenters. The van der Waals surface area contributed by atoms with Gasteiger partial charge in [0.25, 0.3) is 5.91 Å². The smallest absolute Gasteiger partial charge is 0.255 e. The molecule has 4 rings (SSSR count). The predicted octanol–water partition coefficient (Wildman–Crippen LogP) is 5.17. The van der Waals surface area contributed by atoms with Crippen molar-refractivity contribution in [3.8, 4) is 11.5 Å². The standard InChI is InChI=1S/C26H31N5O3/c1-4-5-6-11-16-34-21-14-9-7-12-19(21)24-23(18(2)29-26-27-17-28-31(24)26)25(32)30-20-13-8-10-15-22(20)33-3/h7-10,12-15,17,24H,4-6,11,16H2,1-3H3,(H,30,32)(H,27,28,29)/t24-/m0/s1. The zero-order chi connectivity index (χ0) is 23.9. The van der Waals surface area contributed by atoms with Crippen LogP contribution in [0.2, 0.25) is 0 Å². The number of fused-ring (bicyclic) bond motifs is 1. The molecule has 0 bridgehead atoms. The van der Waals surface area contributed by atoms with Crippen LogP contribution < -0.4 is 20.1 Å². The molecular weight excluding hydrogens is 430 g/mol. The monoisotopic (exact) mass is 461 g/mol. The van der Waals surface area contributed by atoms with Crippen LogP contribution in [-0.4, -0.2) is 34.4 Å². The van der Waals surface area contributed by atoms with E-state index in [1.165, 1.54) is 19.2 Å². The number of carbonyl (C=O) groups is 1. The summed E-state index contributed by atoms with van der Waals surface area (Å²) in [6.07, 6.45) is 5.97. The number of amides is 1. The van der Waals surface area contributed by atoms with Crippen molar-refractivity contribution in [2.45, 2.75) is 45.6 Å². The van der Waals surface area contributed by atoms with Gasteiger partial charge in [0.2, 0.25) is 5.95 Å². The molecule has 1 aliphatic rings. The molecule has 1 atom stereocenters. The highest BCUT2D eigenvalue weighted by atomic mass is 16.5. The summed E-state index contributed by atoms with van der Waals surface area (Å²) in [5.41, 5.74) is 2.69. The van der Waals surface area contributed by atoms with Crippen molar-refractivity contribution < 1.29 is 14.3 Å². The molecule has 1 aromatic heterocycles. The van der Waals surface area contributed by atoms with E-state index in [2.05, 4.69) is 27.6 Å². The Kier molecular flexibility index (Phi) is 7.47. The second-order valence-electron chi connectivity index (χ2n) is 8.20. The number of nitrogens with one attached hydrogen (secondary N) is 2. The third kappa shape index (κ3) is 4.90. The van der Waals surface area contributed by atoms with Gasteiger partial charge in [-0.2, -0.15) is 10.1 Å². The number of rotatable bonds is 10. The summed E-state index contributed by atoms with van der Waals surface area (Å²) in [7, 11) is 1.58. The molecule has 0 fully saturated rings. The summed E-state index contributed by atoms with van der Waals surface area (Å²) >= 11 is 0. The van der Waals surface area contributed by atoms with E-state index in [-0.39, 0.29) is 5.91 Å². The molecule has 3 aromatic rings. The van der Waals surface area contributed by atoms with E-state index in [0.717, 1.165) is 24.2 Å². The topological polar surface area (TPSA) is 90.3 Å². The number of anilines is 2. The van der Waals surface area contributed by atoms with Crippen LogP contribution in [0.4, 0.5) is 11.6 Å². The van der Waals surface area contributed by atoms with Crippen molar-refractivity contribution in [2.75, 3.05) is 24.4 Å². The lowest BCUT2D eigenvalue weighted by molar-refractivity contribution is -0.113. The van der Waals surface area contributed by atoms with Crippen LogP contribution in [0.3, 0.4) is 0 Å². The second-order valence-corrected chi connectivity index (χ2v) is 8.20. The van der Waals surface area contributed by atoms with Crippen LogP contribution in [0.1, 0.15) is 51.1 Å². The quantitative estimate of drug-likeness (QED) is 0.405. The Morgan fingerprint density at radius 3 is 2.65 bits per heavy atom. The maximum atomic E-state index is 13.6. The Balaban J connectivity index is 1.68. The fraction of sp³-hybridized carbons (Fsp3) is 0.346. The molecule has 8 heteroatoms. The highest BCUT2D eigenvalue weighted by Crippen LogP contribution is 2.39. The molecule has 1 amide bonds. The number of hydrogen-bond acceptors (Lipinski definition) is 6. The highest BCUT2D eigenvalue weighted by molar-refractivity contribution is 6.06. The van der Waals surface area contributed by atoms with Crippen LogP contribution in [0.15, 0.2) is 66.1 Å². The molecule has 1 aliphatic heterocycles. The first-order valence-electron chi connectivity index (χ1n) is 11.7. The number of benzene rings is 2. The van der Waals surface area contributed by atoms with E-state index in [9.17, 15) is 4.79 Å². The normalized spacial score (nSPS) is 14.9. The van der Waals surface area contributed by atoms with Crippen molar-refractivity contribution in [2.24, 2.45) is 0 Å². The van der Waals surface area contributed by atoms with Crippen LogP contribution in [0, 0.1) is 0 Å². The molecule has 8 nitrogen and oxygen atoms in total. The molecule has 2 aromatic carbocycles. The van der Waals surface area contributed by atoms with E-state index in [4.69, 9.17) is 9.47 Å². The summed E-state index contributed by atoms with van der Waals surface area (Å²) in [4.78, 5) is 18.0. The maximum absolute atomic E-state index is 13.6. The Bertz CT molecular complexity index is 1170. The molecule has 2 heterocycles. The minimum Gasteiger partial charge on any atom is -0.495 e. The van der Waals surface area contributed by atoms with Gasteiger partial charge in [-0.15, -0.1) is 0 Å². The van der Waals surface area contributed by atoms with Gasteiger partial charge >= 0.3 is 0 Å². The number of ether oxygens (including phenoxy) is 2. The van der Waals surface area contributed by atoms with E-state index in [0.29, 0.717) is 35.3 Å². The van der Waals surface area contributed by atoms with Gasteiger partial charge in [-0.25, -0.2) is 4.68 Å². The molecule has 0 saturated heterocycles. The minimum absolute atomic E-state index is 0.251. The number of carbonyl (C=O) groups excluding carboxylic acids is 1. The largest absolute Gasteiger partial charge is 0.495 e. The van der Waals surface area contributed by atoms with Crippen molar-refractivity contribution >= 4 is 17.5 Å². The summed E-state index contributed by atoms with van der Waals surface area (Å²) in [5, 5.41) is 10.6. The average molecular weight is 462 g/mol. The van der Waals surface area contributed by atoms with E-state index >= 15 is 0 Å². The van der Waals surface area contributed by atoms with Gasteiger partial charge in [0.05, 0.1) is 25.0 Å². The van der Waals surface area contributed by atoms with Crippen LogP contribution in [-0.2, 0) is 4.79 Å². The van der Waals surface area contributed by atoms with Gasteiger partial charge in [0.15, 0.2) is 0 Å². The first-order valence-corrected chi connectivity index (χ1v) is 11.7. The number of methoxy groups -OCH3 is 1. The lowest BCUT2D eigenvalue weighted by atomic mass is 9.94. The second kappa shape index (κ2) is 10.9. The lowest BCUT2D eigenvalue weighted by Gasteiger charge is -2.30. The van der Waals surface area contributed by atoms with Gasteiger partial charge in [-0.3, -0.25) is 4.79 Å². The Hall–Kier alpha value is -3.81. The van der Waals surface area contributed by atoms with E-state index in [1.54, 1.807) is 11.8 Å². The predicted molar refractivity (Wildman–Crippen MR) is 132 cm³/mol. The minimum atomic E-state index is -0.500. The molecule has 0 spiro atoms. The van der Waals surface area contributed by atoms with E-state index < -0.39 is 6.04 Å². The first-order chi connectivity index (χ1) is 16.6. The summed E-state index contributed by atoms with van der Waals surface area (Å²) < 4.78 is 13.3. The van der Waals surface area contributed by atoms with Gasteiger partial charge in [-0.05, 0) is 31.5 Å². The van der Waals surface area contributed by atoms with Crippen molar-refractivity contribution in [1.82, 2.24) is 14.8 Å². The van der Waals surface area contributed by atoms with Crippen LogP contribution in [0.25, 0.3) is 0 Å². The number of nitrogens with zero attached hydrogens (tertiary/aromatic N) is 3. The fourth-order valence-corrected chi connectivity index (χ4v) is 4.16. The van der Waals surface area contributed by atoms with Gasteiger partial charge in [0.1, 0.15) is 23.9 Å². The molecule has 0 radical (unpaired) electrons. The fourth-order valence-electron chi connectivity index (χ4n) is 4.16. The first kappa shape index (κ1) is 23.4. The zero-order valence-electron chi connectivity index (χ0n) is 19.9. The van der Waals surface area contributed by atoms with Gasteiger partial charge in [-0.1, -0.05) is 56.5 Å². The molecule has 0 aliphatic carbocycles. The van der Waals surface area contributed by atoms with Gasteiger partial charge in [0, 0.05) is 11.3 Å². The summed E-state index contributed by atoms with van der Waals surface area (Å²) in [6.45, 7) is 4.68. The van der Waals surface area contributed by atoms with E-state index in [1.807, 2.05) is 55.5 Å². The number of unbranched alkanes of at least 4 members (excludes halogenated alkanes) is 3. The average Bonchev–Trinajstić information content (AvgIpc) is 3.31. The summed E-state index contributed by atoms with van der Waals surface area (Å²) in [6, 6.07) is 14.7. The molecule has 178 valence electrons. The maximum Gasteiger partial charge on any atom is 0.255 e. The van der Waals surface area contributed by atoms with Gasteiger partial charge < -0.3 is 20.1 Å². The molecule has 0 saturated carbocycles. The Morgan fingerprint density at radius 1 is 1.09 bits per heavy atom. The number of hydrogen-bond donors (Lipinski definition) is 2. The molecule has 34 heavy (non-hydrogen) atoms. The highest BCUT2D eigenvalue weighted by Gasteiger charge is 2.35. The Labute approximate surface area is 200 Å². The van der Waals surface area contributed by atoms with Crippen molar-refractivity contribution in [3.05, 3.63) is 71.7 Å². The number of para-hydroxylation sites is 3. The van der Waals surface area contributed by atoms with Crippen molar-refractivity contribution in [3.63, 3.8) is 0 Å². The molecule has 2 N–H and O–H groups in total. The SMILES string of the molecule is CCCCCCOc1ccccc1[C@H]1C(C(=O)Nc2ccccc2OC)=C(C)Nc2ncnn21. The third-order valence-electron chi connectivity index (χ3n) is 5.86. The molecular formula is C26H31N5O3. The van der Waals surface area contributed by atoms with Crippen molar-refractivity contribution in [1.29, 1.82) is 0 Å².